The van der Waals surface area contributed by atoms with E-state index < -0.39 is 5.97 Å². The van der Waals surface area contributed by atoms with Gasteiger partial charge in [0.2, 0.25) is 5.91 Å². The molecular weight excluding hydrogens is 278 g/mol. The number of carboxylic acids is 1. The summed E-state index contributed by atoms with van der Waals surface area (Å²) in [6.07, 6.45) is 2.73. The lowest BCUT2D eigenvalue weighted by Gasteiger charge is -2.27. The van der Waals surface area contributed by atoms with Gasteiger partial charge in [-0.25, -0.2) is 4.79 Å². The second-order valence-corrected chi connectivity index (χ2v) is 6.44. The van der Waals surface area contributed by atoms with E-state index in [9.17, 15) is 14.7 Å². The average Bonchev–Trinajstić information content (AvgIpc) is 2.92. The summed E-state index contributed by atoms with van der Waals surface area (Å²) < 4.78 is 0. The number of hydrogen-bond donors (Lipinski definition) is 1. The molecule has 0 aromatic heterocycles. The third-order valence-electron chi connectivity index (χ3n) is 5.02. The van der Waals surface area contributed by atoms with Gasteiger partial charge in [0, 0.05) is 19.0 Å². The number of carboxylic acid groups (broad SMARTS) is 1. The predicted octanol–water partition coefficient (Wildman–Crippen LogP) is 3.36. The van der Waals surface area contributed by atoms with Crippen LogP contribution in [0.15, 0.2) is 29.3 Å². The molecule has 3 rings (SSSR count). The Hall–Kier alpha value is -2.10. The van der Waals surface area contributed by atoms with Gasteiger partial charge in [0.15, 0.2) is 0 Å². The Morgan fingerprint density at radius 1 is 1.18 bits per heavy atom. The Morgan fingerprint density at radius 2 is 1.95 bits per heavy atom. The highest BCUT2D eigenvalue weighted by Crippen LogP contribution is 2.33. The van der Waals surface area contributed by atoms with Crippen LogP contribution >= 0.6 is 0 Å². The SMILES string of the molecule is CC1=C(C)CC(C(=O)N2Cc3cccc(C(=O)O)c3C2)CC1. The lowest BCUT2D eigenvalue weighted by molar-refractivity contribution is -0.136. The summed E-state index contributed by atoms with van der Waals surface area (Å²) in [5.74, 6) is -0.705. The van der Waals surface area contributed by atoms with Crippen LogP contribution < -0.4 is 0 Å². The lowest BCUT2D eigenvalue weighted by atomic mass is 9.84. The number of allylic oxidation sites excluding steroid dienone is 2. The van der Waals surface area contributed by atoms with Crippen LogP contribution in [0.1, 0.15) is 54.6 Å². The van der Waals surface area contributed by atoms with Gasteiger partial charge in [0.05, 0.1) is 5.56 Å². The van der Waals surface area contributed by atoms with Crippen molar-refractivity contribution in [2.24, 2.45) is 5.92 Å². The molecule has 0 saturated heterocycles. The molecule has 1 aliphatic heterocycles. The molecule has 1 atom stereocenters. The molecule has 1 aromatic carbocycles. The van der Waals surface area contributed by atoms with Crippen molar-refractivity contribution in [3.8, 4) is 0 Å². The molecule has 22 heavy (non-hydrogen) atoms. The molecule has 1 heterocycles. The van der Waals surface area contributed by atoms with Crippen molar-refractivity contribution in [3.63, 3.8) is 0 Å². The summed E-state index contributed by atoms with van der Waals surface area (Å²) in [4.78, 5) is 25.9. The third kappa shape index (κ3) is 2.54. The highest BCUT2D eigenvalue weighted by Gasteiger charge is 2.32. The molecule has 0 radical (unpaired) electrons. The number of amides is 1. The molecule has 1 aromatic rings. The van der Waals surface area contributed by atoms with Crippen LogP contribution in [-0.4, -0.2) is 21.9 Å². The Balaban J connectivity index is 1.78. The summed E-state index contributed by atoms with van der Waals surface area (Å²) in [6.45, 7) is 5.21. The van der Waals surface area contributed by atoms with Gasteiger partial charge in [0.1, 0.15) is 0 Å². The first-order valence-electron chi connectivity index (χ1n) is 7.75. The van der Waals surface area contributed by atoms with Crippen molar-refractivity contribution in [2.75, 3.05) is 0 Å². The first-order valence-corrected chi connectivity index (χ1v) is 7.75. The lowest BCUT2D eigenvalue weighted by Crippen LogP contribution is -2.33. The van der Waals surface area contributed by atoms with Gasteiger partial charge in [0.25, 0.3) is 0 Å². The fourth-order valence-corrected chi connectivity index (χ4v) is 3.50. The van der Waals surface area contributed by atoms with E-state index in [1.807, 2.05) is 11.0 Å². The third-order valence-corrected chi connectivity index (χ3v) is 5.02. The number of carbonyl (C=O) groups excluding carboxylic acids is 1. The van der Waals surface area contributed by atoms with Crippen LogP contribution in [0.25, 0.3) is 0 Å². The van der Waals surface area contributed by atoms with Crippen molar-refractivity contribution >= 4 is 11.9 Å². The molecular formula is C18H21NO3. The number of rotatable bonds is 2. The Kier molecular flexibility index (Phi) is 3.77. The van der Waals surface area contributed by atoms with E-state index in [-0.39, 0.29) is 11.8 Å². The maximum Gasteiger partial charge on any atom is 0.336 e. The molecule has 1 N–H and O–H groups in total. The highest BCUT2D eigenvalue weighted by molar-refractivity contribution is 5.90. The van der Waals surface area contributed by atoms with Crippen molar-refractivity contribution in [1.82, 2.24) is 4.90 Å². The fraction of sp³-hybridized carbons (Fsp3) is 0.444. The van der Waals surface area contributed by atoms with Gasteiger partial charge >= 0.3 is 5.97 Å². The van der Waals surface area contributed by atoms with Crippen LogP contribution in [0.2, 0.25) is 0 Å². The molecule has 0 fully saturated rings. The fourth-order valence-electron chi connectivity index (χ4n) is 3.50. The van der Waals surface area contributed by atoms with Crippen molar-refractivity contribution in [2.45, 2.75) is 46.2 Å². The molecule has 4 heteroatoms. The molecule has 116 valence electrons. The van der Waals surface area contributed by atoms with E-state index in [0.29, 0.717) is 18.7 Å². The van der Waals surface area contributed by atoms with Crippen molar-refractivity contribution < 1.29 is 14.7 Å². The number of fused-ring (bicyclic) bond motifs is 1. The minimum Gasteiger partial charge on any atom is -0.478 e. The van der Waals surface area contributed by atoms with Crippen molar-refractivity contribution in [1.29, 1.82) is 0 Å². The summed E-state index contributed by atoms with van der Waals surface area (Å²) in [5.41, 5.74) is 4.81. The Bertz CT molecular complexity index is 675. The number of benzene rings is 1. The summed E-state index contributed by atoms with van der Waals surface area (Å²) in [7, 11) is 0. The van der Waals surface area contributed by atoms with Gasteiger partial charge in [-0.05, 0) is 50.3 Å². The second-order valence-electron chi connectivity index (χ2n) is 6.44. The monoisotopic (exact) mass is 299 g/mol. The van der Waals surface area contributed by atoms with E-state index in [2.05, 4.69) is 13.8 Å². The predicted molar refractivity (Wildman–Crippen MR) is 83.4 cm³/mol. The maximum absolute atomic E-state index is 12.8. The van der Waals surface area contributed by atoms with Gasteiger partial charge in [-0.15, -0.1) is 0 Å². The molecule has 2 aliphatic rings. The van der Waals surface area contributed by atoms with E-state index in [4.69, 9.17) is 0 Å². The van der Waals surface area contributed by atoms with E-state index >= 15 is 0 Å². The minimum absolute atomic E-state index is 0.0475. The second kappa shape index (κ2) is 5.59. The highest BCUT2D eigenvalue weighted by atomic mass is 16.4. The van der Waals surface area contributed by atoms with Crippen molar-refractivity contribution in [3.05, 3.63) is 46.0 Å². The zero-order valence-corrected chi connectivity index (χ0v) is 13.1. The Labute approximate surface area is 130 Å². The minimum atomic E-state index is -0.918. The van der Waals surface area contributed by atoms with Gasteiger partial charge in [-0.1, -0.05) is 23.3 Å². The average molecular weight is 299 g/mol. The number of aromatic carboxylic acids is 1. The quantitative estimate of drug-likeness (QED) is 0.852. The van der Waals surface area contributed by atoms with Crippen LogP contribution in [-0.2, 0) is 17.9 Å². The van der Waals surface area contributed by atoms with E-state index in [1.165, 1.54) is 11.1 Å². The van der Waals surface area contributed by atoms with E-state index in [0.717, 1.165) is 30.4 Å². The van der Waals surface area contributed by atoms with Crippen LogP contribution in [0.4, 0.5) is 0 Å². The molecule has 0 spiro atoms. The number of hydrogen-bond acceptors (Lipinski definition) is 2. The summed E-state index contributed by atoms with van der Waals surface area (Å²) >= 11 is 0. The van der Waals surface area contributed by atoms with Crippen LogP contribution in [0.3, 0.4) is 0 Å². The first kappa shape index (κ1) is 14.8. The molecule has 0 saturated carbocycles. The smallest absolute Gasteiger partial charge is 0.336 e. The molecule has 1 unspecified atom stereocenters. The molecule has 4 nitrogen and oxygen atoms in total. The van der Waals surface area contributed by atoms with Gasteiger partial charge in [-0.2, -0.15) is 0 Å². The normalized spacial score (nSPS) is 21.0. The van der Waals surface area contributed by atoms with Gasteiger partial charge < -0.3 is 10.0 Å². The summed E-state index contributed by atoms with van der Waals surface area (Å²) in [6, 6.07) is 5.30. The zero-order valence-electron chi connectivity index (χ0n) is 13.1. The largest absolute Gasteiger partial charge is 0.478 e. The zero-order chi connectivity index (χ0) is 15.9. The summed E-state index contributed by atoms with van der Waals surface area (Å²) in [5, 5.41) is 9.28. The number of nitrogens with zero attached hydrogens (tertiary/aromatic N) is 1. The van der Waals surface area contributed by atoms with Crippen LogP contribution in [0.5, 0.6) is 0 Å². The van der Waals surface area contributed by atoms with E-state index in [1.54, 1.807) is 12.1 Å². The molecule has 0 bridgehead atoms. The van der Waals surface area contributed by atoms with Gasteiger partial charge in [-0.3, -0.25) is 4.79 Å². The maximum atomic E-state index is 12.8. The molecule has 1 aliphatic carbocycles. The standard InChI is InChI=1S/C18H21NO3/c1-11-6-7-13(8-12(11)2)17(20)19-9-14-4-3-5-15(18(21)22)16(14)10-19/h3-5,13H,6-10H2,1-2H3,(H,21,22). The topological polar surface area (TPSA) is 57.6 Å². The number of carbonyl (C=O) groups is 2. The first-order chi connectivity index (χ1) is 10.5. The van der Waals surface area contributed by atoms with Crippen LogP contribution in [0, 0.1) is 5.92 Å². The molecule has 1 amide bonds. The Morgan fingerprint density at radius 3 is 2.64 bits per heavy atom.